The molecule has 1 aliphatic carbocycles. The summed E-state index contributed by atoms with van der Waals surface area (Å²) in [6.07, 6.45) is 4.87. The molecule has 0 aliphatic heterocycles. The summed E-state index contributed by atoms with van der Waals surface area (Å²) in [6, 6.07) is 16.5. The molecule has 0 saturated heterocycles. The van der Waals surface area contributed by atoms with Crippen LogP contribution in [0, 0.1) is 12.7 Å². The van der Waals surface area contributed by atoms with Gasteiger partial charge >= 0.3 is 0 Å². The predicted octanol–water partition coefficient (Wildman–Crippen LogP) is 5.63. The summed E-state index contributed by atoms with van der Waals surface area (Å²) in [5.41, 5.74) is 2.72. The van der Waals surface area contributed by atoms with Gasteiger partial charge < -0.3 is 9.84 Å². The SMILES string of the molecule is CCCC[C@H](O)CN(Cc1c(C)nn(-c2ccccc2)c1Oc1cccc(F)c1)C1CC1. The van der Waals surface area contributed by atoms with Crippen molar-refractivity contribution in [1.82, 2.24) is 14.7 Å². The Morgan fingerprint density at radius 2 is 1.97 bits per heavy atom. The highest BCUT2D eigenvalue weighted by Gasteiger charge is 2.32. The number of aryl methyl sites for hydroxylation is 1. The molecule has 2 aromatic carbocycles. The molecule has 3 aromatic rings. The molecule has 32 heavy (non-hydrogen) atoms. The van der Waals surface area contributed by atoms with Crippen molar-refractivity contribution in [1.29, 1.82) is 0 Å². The van der Waals surface area contributed by atoms with Crippen LogP contribution in [0.3, 0.4) is 0 Å². The summed E-state index contributed by atoms with van der Waals surface area (Å²) in [5.74, 6) is 0.683. The Morgan fingerprint density at radius 1 is 1.19 bits per heavy atom. The van der Waals surface area contributed by atoms with Gasteiger partial charge in [-0.2, -0.15) is 5.10 Å². The van der Waals surface area contributed by atoms with Gasteiger partial charge in [-0.3, -0.25) is 4.90 Å². The quantitative estimate of drug-likeness (QED) is 0.423. The lowest BCUT2D eigenvalue weighted by atomic mass is 10.1. The molecule has 1 N–H and O–H groups in total. The second-order valence-electron chi connectivity index (χ2n) is 8.63. The van der Waals surface area contributed by atoms with Crippen LogP contribution in [0.4, 0.5) is 4.39 Å². The summed E-state index contributed by atoms with van der Waals surface area (Å²) in [4.78, 5) is 2.35. The average molecular weight is 438 g/mol. The average Bonchev–Trinajstić information content (AvgIpc) is 3.59. The number of para-hydroxylation sites is 1. The highest BCUT2D eigenvalue weighted by molar-refractivity contribution is 5.43. The molecule has 1 aromatic heterocycles. The molecular weight excluding hydrogens is 405 g/mol. The van der Waals surface area contributed by atoms with E-state index in [2.05, 4.69) is 11.8 Å². The van der Waals surface area contributed by atoms with E-state index in [0.29, 0.717) is 30.8 Å². The van der Waals surface area contributed by atoms with Crippen LogP contribution in [0.15, 0.2) is 54.6 Å². The maximum atomic E-state index is 13.8. The normalized spacial score (nSPS) is 14.7. The fraction of sp³-hybridized carbons (Fsp3) is 0.423. The van der Waals surface area contributed by atoms with Gasteiger partial charge in [0.1, 0.15) is 11.6 Å². The molecule has 1 aliphatic rings. The van der Waals surface area contributed by atoms with E-state index in [1.807, 2.05) is 37.3 Å². The number of ether oxygens (including phenoxy) is 1. The van der Waals surface area contributed by atoms with Gasteiger partial charge in [-0.05, 0) is 50.5 Å². The Bertz CT molecular complexity index is 1020. The third-order valence-corrected chi connectivity index (χ3v) is 5.91. The first-order chi connectivity index (χ1) is 15.5. The van der Waals surface area contributed by atoms with Gasteiger partial charge in [0.2, 0.25) is 5.88 Å². The van der Waals surface area contributed by atoms with E-state index in [1.165, 1.54) is 12.1 Å². The number of hydrogen-bond donors (Lipinski definition) is 1. The summed E-state index contributed by atoms with van der Waals surface area (Å²) in [7, 11) is 0. The lowest BCUT2D eigenvalue weighted by Gasteiger charge is -2.25. The largest absolute Gasteiger partial charge is 0.438 e. The number of halogens is 1. The number of rotatable bonds is 11. The van der Waals surface area contributed by atoms with Crippen molar-refractivity contribution in [2.75, 3.05) is 6.54 Å². The molecule has 6 heteroatoms. The maximum Gasteiger partial charge on any atom is 0.227 e. The first kappa shape index (κ1) is 22.5. The molecule has 0 spiro atoms. The maximum absolute atomic E-state index is 13.8. The predicted molar refractivity (Wildman–Crippen MR) is 124 cm³/mol. The zero-order chi connectivity index (χ0) is 22.5. The lowest BCUT2D eigenvalue weighted by Crippen LogP contribution is -2.34. The number of benzene rings is 2. The van der Waals surface area contributed by atoms with Crippen molar-refractivity contribution in [3.8, 4) is 17.3 Å². The van der Waals surface area contributed by atoms with E-state index < -0.39 is 0 Å². The van der Waals surface area contributed by atoms with Gasteiger partial charge in [0.15, 0.2) is 0 Å². The van der Waals surface area contributed by atoms with Crippen molar-refractivity contribution in [3.05, 3.63) is 71.7 Å². The van der Waals surface area contributed by atoms with Crippen molar-refractivity contribution in [2.45, 2.75) is 64.6 Å². The molecular formula is C26H32FN3O2. The first-order valence-electron chi connectivity index (χ1n) is 11.5. The zero-order valence-corrected chi connectivity index (χ0v) is 18.9. The van der Waals surface area contributed by atoms with Crippen molar-refractivity contribution >= 4 is 0 Å². The number of nitrogens with zero attached hydrogens (tertiary/aromatic N) is 3. The molecule has 1 saturated carbocycles. The van der Waals surface area contributed by atoms with Crippen LogP contribution in [-0.4, -0.2) is 38.5 Å². The molecule has 1 heterocycles. The topological polar surface area (TPSA) is 50.5 Å². The Labute approximate surface area is 189 Å². The third-order valence-electron chi connectivity index (χ3n) is 5.91. The molecule has 1 fully saturated rings. The van der Waals surface area contributed by atoms with Crippen LogP contribution in [0.5, 0.6) is 11.6 Å². The van der Waals surface area contributed by atoms with Crippen LogP contribution in [-0.2, 0) is 6.54 Å². The van der Waals surface area contributed by atoms with E-state index >= 15 is 0 Å². The van der Waals surface area contributed by atoms with Gasteiger partial charge in [0.25, 0.3) is 0 Å². The standard InChI is InChI=1S/C26H32FN3O2/c1-3-4-12-23(31)17-29(21-14-15-21)18-25-19(2)28-30(22-10-6-5-7-11-22)26(25)32-24-13-8-9-20(27)16-24/h5-11,13,16,21,23,31H,3-4,12,14-15,17-18H2,1-2H3/t23-/m0/s1. The molecule has 1 atom stereocenters. The summed E-state index contributed by atoms with van der Waals surface area (Å²) in [5, 5.41) is 15.3. The van der Waals surface area contributed by atoms with Crippen molar-refractivity contribution in [3.63, 3.8) is 0 Å². The van der Waals surface area contributed by atoms with Gasteiger partial charge in [-0.15, -0.1) is 0 Å². The number of unbranched alkanes of at least 4 members (excludes halogenated alkanes) is 1. The van der Waals surface area contributed by atoms with E-state index in [-0.39, 0.29) is 11.9 Å². The van der Waals surface area contributed by atoms with Crippen LogP contribution in [0.25, 0.3) is 5.69 Å². The highest BCUT2D eigenvalue weighted by atomic mass is 19.1. The van der Waals surface area contributed by atoms with E-state index in [4.69, 9.17) is 9.84 Å². The number of hydrogen-bond acceptors (Lipinski definition) is 4. The van der Waals surface area contributed by atoms with Crippen molar-refractivity contribution in [2.24, 2.45) is 0 Å². The Kier molecular flexibility index (Phi) is 7.22. The van der Waals surface area contributed by atoms with Crippen LogP contribution < -0.4 is 4.74 Å². The number of aliphatic hydroxyl groups is 1. The fourth-order valence-corrected chi connectivity index (χ4v) is 4.00. The molecule has 0 amide bonds. The number of aliphatic hydroxyl groups excluding tert-OH is 1. The minimum Gasteiger partial charge on any atom is -0.438 e. The highest BCUT2D eigenvalue weighted by Crippen LogP contribution is 2.35. The Hall–Kier alpha value is -2.70. The van der Waals surface area contributed by atoms with Gasteiger partial charge in [-0.1, -0.05) is 44.0 Å². The third kappa shape index (κ3) is 5.56. The minimum atomic E-state index is -0.342. The Balaban J connectivity index is 1.66. The van der Waals surface area contributed by atoms with E-state index in [1.54, 1.807) is 16.8 Å². The molecule has 0 bridgehead atoms. The Morgan fingerprint density at radius 3 is 2.66 bits per heavy atom. The minimum absolute atomic E-state index is 0.340. The molecule has 4 rings (SSSR count). The fourth-order valence-electron chi connectivity index (χ4n) is 4.00. The van der Waals surface area contributed by atoms with Crippen LogP contribution in [0.2, 0.25) is 0 Å². The van der Waals surface area contributed by atoms with Crippen LogP contribution >= 0.6 is 0 Å². The first-order valence-corrected chi connectivity index (χ1v) is 11.5. The number of aromatic nitrogens is 2. The smallest absolute Gasteiger partial charge is 0.227 e. The molecule has 0 radical (unpaired) electrons. The van der Waals surface area contributed by atoms with Crippen molar-refractivity contribution < 1.29 is 14.2 Å². The summed E-state index contributed by atoms with van der Waals surface area (Å²) >= 11 is 0. The molecule has 0 unspecified atom stereocenters. The summed E-state index contributed by atoms with van der Waals surface area (Å²) in [6.45, 7) is 5.39. The molecule has 5 nitrogen and oxygen atoms in total. The second-order valence-corrected chi connectivity index (χ2v) is 8.63. The van der Waals surface area contributed by atoms with Gasteiger partial charge in [0, 0.05) is 25.2 Å². The van der Waals surface area contributed by atoms with Gasteiger partial charge in [-0.25, -0.2) is 9.07 Å². The van der Waals surface area contributed by atoms with Crippen LogP contribution in [0.1, 0.15) is 50.3 Å². The van der Waals surface area contributed by atoms with Gasteiger partial charge in [0.05, 0.1) is 23.0 Å². The van der Waals surface area contributed by atoms with E-state index in [0.717, 1.165) is 49.0 Å². The second kappa shape index (κ2) is 10.3. The lowest BCUT2D eigenvalue weighted by molar-refractivity contribution is 0.0949. The molecule has 170 valence electrons. The van der Waals surface area contributed by atoms with E-state index in [9.17, 15) is 9.50 Å². The zero-order valence-electron chi connectivity index (χ0n) is 18.9. The monoisotopic (exact) mass is 437 g/mol. The summed E-state index contributed by atoms with van der Waals surface area (Å²) < 4.78 is 21.9.